The lowest BCUT2D eigenvalue weighted by atomic mass is 10.1. The van der Waals surface area contributed by atoms with Crippen molar-refractivity contribution in [2.45, 2.75) is 32.2 Å². The van der Waals surface area contributed by atoms with E-state index in [1.54, 1.807) is 42.5 Å². The highest BCUT2D eigenvalue weighted by molar-refractivity contribution is 7.92. The zero-order chi connectivity index (χ0) is 23.0. The first kappa shape index (κ1) is 22.3. The smallest absolute Gasteiger partial charge is 0.369 e. The van der Waals surface area contributed by atoms with Gasteiger partial charge in [-0.2, -0.15) is 13.2 Å². The molecule has 1 aliphatic rings. The first-order chi connectivity index (χ1) is 15.2. The van der Waals surface area contributed by atoms with Gasteiger partial charge in [0.1, 0.15) is 5.82 Å². The van der Waals surface area contributed by atoms with Crippen molar-refractivity contribution in [3.63, 3.8) is 0 Å². The maximum Gasteiger partial charge on any atom is 0.414 e. The molecule has 2 heterocycles. The topological polar surface area (TPSA) is 64.4 Å². The number of halogens is 4. The number of rotatable bonds is 7. The molecule has 0 saturated heterocycles. The highest BCUT2D eigenvalue weighted by Gasteiger charge is 2.37. The van der Waals surface area contributed by atoms with Crippen LogP contribution in [0.5, 0.6) is 0 Å². The average Bonchev–Trinajstić information content (AvgIpc) is 3.22. The zero-order valence-electron chi connectivity index (χ0n) is 16.7. The molecule has 1 aromatic heterocycles. The normalized spacial score (nSPS) is 15.0. The molecule has 32 heavy (non-hydrogen) atoms. The van der Waals surface area contributed by atoms with Crippen LogP contribution in [0.25, 0.3) is 11.0 Å². The number of benzene rings is 2. The molecule has 0 saturated carbocycles. The van der Waals surface area contributed by atoms with E-state index in [1.807, 2.05) is 0 Å². The van der Waals surface area contributed by atoms with Gasteiger partial charge in [-0.25, -0.2) is 8.96 Å². The van der Waals surface area contributed by atoms with Gasteiger partial charge in [0.15, 0.2) is 18.4 Å². The van der Waals surface area contributed by atoms with Crippen LogP contribution in [0.1, 0.15) is 39.0 Å². The van der Waals surface area contributed by atoms with Crippen molar-refractivity contribution >= 4 is 35.2 Å². The van der Waals surface area contributed by atoms with Crippen LogP contribution in [0, 0.1) is 0 Å². The summed E-state index contributed by atoms with van der Waals surface area (Å²) in [5.41, 5.74) is 2.10. The molecule has 1 unspecified atom stereocenters. The number of nitrogens with zero attached hydrogens (tertiary/aromatic N) is 3. The van der Waals surface area contributed by atoms with Crippen LogP contribution in [-0.2, 0) is 17.7 Å². The Kier molecular flexibility index (Phi) is 5.95. The molecule has 0 bridgehead atoms. The number of hydrogen-bond donors (Lipinski definition) is 0. The number of imidazole rings is 1. The highest BCUT2D eigenvalue weighted by Crippen LogP contribution is 2.28. The van der Waals surface area contributed by atoms with Crippen molar-refractivity contribution in [3.05, 3.63) is 65.0 Å². The molecule has 11 heteroatoms. The fourth-order valence-electron chi connectivity index (χ4n) is 3.47. The van der Waals surface area contributed by atoms with Crippen molar-refractivity contribution in [2.24, 2.45) is 0 Å². The summed E-state index contributed by atoms with van der Waals surface area (Å²) < 4.78 is 57.2. The summed E-state index contributed by atoms with van der Waals surface area (Å²) in [5, 5.41) is 0. The van der Waals surface area contributed by atoms with Crippen molar-refractivity contribution in [2.75, 3.05) is 6.61 Å². The van der Waals surface area contributed by atoms with Gasteiger partial charge in [-0.3, -0.25) is 14.5 Å². The van der Waals surface area contributed by atoms with Crippen molar-refractivity contribution in [1.29, 1.82) is 0 Å². The van der Waals surface area contributed by atoms with Gasteiger partial charge in [0.2, 0.25) is 0 Å². The van der Waals surface area contributed by atoms with Crippen LogP contribution >= 0.6 is 12.3 Å². The van der Waals surface area contributed by atoms with Crippen molar-refractivity contribution in [1.82, 2.24) is 13.9 Å². The lowest BCUT2D eigenvalue weighted by molar-refractivity contribution is -0.213. The molecule has 0 N–H and O–H groups in total. The van der Waals surface area contributed by atoms with E-state index in [-0.39, 0.29) is 37.7 Å². The second kappa shape index (κ2) is 8.55. The van der Waals surface area contributed by atoms with Crippen molar-refractivity contribution < 1.29 is 31.4 Å². The number of ether oxygens (including phenoxy) is 1. The standard InChI is InChI=1S/C21H17F4N3O3S/c1-12(21(22,23)24)31-9-8-18-26-16-10-13(6-7-17(16)28(18)32-25)11-27-19(29)14-4-2-3-5-15(14)20(27)30/h2-7,10,12H,8-9,11H2,1H3. The van der Waals surface area contributed by atoms with Crippen LogP contribution in [0.3, 0.4) is 0 Å². The molecule has 0 spiro atoms. The summed E-state index contributed by atoms with van der Waals surface area (Å²) in [6, 6.07) is 11.4. The molecule has 2 amide bonds. The van der Waals surface area contributed by atoms with E-state index in [0.717, 1.165) is 11.8 Å². The molecule has 3 aromatic rings. The minimum atomic E-state index is -4.48. The zero-order valence-corrected chi connectivity index (χ0v) is 17.5. The van der Waals surface area contributed by atoms with Crippen molar-refractivity contribution in [3.8, 4) is 0 Å². The Morgan fingerprint density at radius 1 is 1.09 bits per heavy atom. The summed E-state index contributed by atoms with van der Waals surface area (Å²) in [5.74, 6) is -0.584. The Bertz CT molecular complexity index is 1160. The second-order valence-corrected chi connectivity index (χ2v) is 7.76. The van der Waals surface area contributed by atoms with E-state index >= 15 is 0 Å². The fourth-order valence-corrected chi connectivity index (χ4v) is 3.91. The maximum absolute atomic E-state index is 13.5. The number of aromatic nitrogens is 2. The predicted molar refractivity (Wildman–Crippen MR) is 110 cm³/mol. The van der Waals surface area contributed by atoms with E-state index in [4.69, 9.17) is 4.74 Å². The van der Waals surface area contributed by atoms with Gasteiger partial charge in [0.05, 0.1) is 35.3 Å². The third kappa shape index (κ3) is 4.09. The molecular formula is C21H17F4N3O3S. The number of amides is 2. The van der Waals surface area contributed by atoms with Crippen LogP contribution in [0.15, 0.2) is 42.5 Å². The van der Waals surface area contributed by atoms with Gasteiger partial charge < -0.3 is 4.74 Å². The first-order valence-electron chi connectivity index (χ1n) is 9.63. The Morgan fingerprint density at radius 2 is 1.75 bits per heavy atom. The summed E-state index contributed by atoms with van der Waals surface area (Å²) in [6.07, 6.45) is -6.45. The van der Waals surface area contributed by atoms with Gasteiger partial charge >= 0.3 is 6.18 Å². The van der Waals surface area contributed by atoms with E-state index in [0.29, 0.717) is 27.7 Å². The summed E-state index contributed by atoms with van der Waals surface area (Å²) in [6.45, 7) is 0.629. The lowest BCUT2D eigenvalue weighted by Crippen LogP contribution is -2.29. The first-order valence-corrected chi connectivity index (χ1v) is 10.3. The Morgan fingerprint density at radius 3 is 2.34 bits per heavy atom. The Balaban J connectivity index is 1.52. The fraction of sp³-hybridized carbons (Fsp3) is 0.286. The number of fused-ring (bicyclic) bond motifs is 2. The molecule has 0 fully saturated rings. The van der Waals surface area contributed by atoms with E-state index in [2.05, 4.69) is 4.98 Å². The molecule has 0 aliphatic carbocycles. The molecule has 0 radical (unpaired) electrons. The number of imide groups is 1. The number of hydrogen-bond acceptors (Lipinski definition) is 5. The Hall–Kier alpha value is -2.92. The maximum atomic E-state index is 13.5. The minimum absolute atomic E-state index is 0.0133. The van der Waals surface area contributed by atoms with Crippen LogP contribution in [0.2, 0.25) is 0 Å². The Labute approximate surface area is 184 Å². The molecule has 168 valence electrons. The monoisotopic (exact) mass is 467 g/mol. The number of alkyl halides is 3. The van der Waals surface area contributed by atoms with Gasteiger partial charge in [-0.1, -0.05) is 18.2 Å². The minimum Gasteiger partial charge on any atom is -0.369 e. The van der Waals surface area contributed by atoms with E-state index in [9.17, 15) is 26.6 Å². The summed E-state index contributed by atoms with van der Waals surface area (Å²) in [4.78, 5) is 30.6. The molecular weight excluding hydrogens is 450 g/mol. The lowest BCUT2D eigenvalue weighted by Gasteiger charge is -2.16. The molecule has 1 atom stereocenters. The largest absolute Gasteiger partial charge is 0.414 e. The van der Waals surface area contributed by atoms with E-state index < -0.39 is 24.1 Å². The average molecular weight is 467 g/mol. The van der Waals surface area contributed by atoms with Gasteiger partial charge in [-0.15, -0.1) is 3.89 Å². The number of carbonyl (C=O) groups is 2. The van der Waals surface area contributed by atoms with Crippen LogP contribution in [0.4, 0.5) is 17.1 Å². The number of carbonyl (C=O) groups excluding carboxylic acids is 2. The molecule has 6 nitrogen and oxygen atoms in total. The van der Waals surface area contributed by atoms with Crippen LogP contribution < -0.4 is 0 Å². The SMILES string of the molecule is CC(OCCc1nc2cc(CN3C(=O)c4ccccc4C3=O)ccc2n1SF)C(F)(F)F. The van der Waals surface area contributed by atoms with Gasteiger partial charge in [0.25, 0.3) is 11.8 Å². The van der Waals surface area contributed by atoms with Gasteiger partial charge in [-0.05, 0) is 36.8 Å². The van der Waals surface area contributed by atoms with Crippen LogP contribution in [-0.4, -0.2) is 44.6 Å². The summed E-state index contributed by atoms with van der Waals surface area (Å²) >= 11 is -0.115. The molecule has 2 aromatic carbocycles. The second-order valence-electron chi connectivity index (χ2n) is 7.26. The van der Waals surface area contributed by atoms with Gasteiger partial charge in [0, 0.05) is 6.42 Å². The third-order valence-corrected chi connectivity index (χ3v) is 5.73. The highest BCUT2D eigenvalue weighted by atomic mass is 32.2. The van der Waals surface area contributed by atoms with E-state index in [1.165, 1.54) is 3.97 Å². The molecule has 4 rings (SSSR count). The predicted octanol–water partition coefficient (Wildman–Crippen LogP) is 4.72. The molecule has 1 aliphatic heterocycles. The quantitative estimate of drug-likeness (QED) is 0.372. The third-order valence-electron chi connectivity index (χ3n) is 5.18. The summed E-state index contributed by atoms with van der Waals surface area (Å²) in [7, 11) is 0.